The van der Waals surface area contributed by atoms with Crippen LogP contribution in [0.5, 0.6) is 0 Å². The van der Waals surface area contributed by atoms with Gasteiger partial charge in [-0.25, -0.2) is 8.42 Å². The molecule has 1 N–H and O–H groups in total. The van der Waals surface area contributed by atoms with Gasteiger partial charge in [-0.2, -0.15) is 0 Å². The van der Waals surface area contributed by atoms with Crippen molar-refractivity contribution in [3.8, 4) is 0 Å². The molecule has 15 heavy (non-hydrogen) atoms. The Morgan fingerprint density at radius 2 is 1.93 bits per heavy atom. The van der Waals surface area contributed by atoms with E-state index in [0.29, 0.717) is 11.8 Å². The van der Waals surface area contributed by atoms with E-state index in [2.05, 4.69) is 19.2 Å². The normalized spacial score (nSPS) is 26.7. The number of hydrogen-bond donors (Lipinski definition) is 1. The van der Waals surface area contributed by atoms with Crippen molar-refractivity contribution in [2.24, 2.45) is 11.8 Å². The fraction of sp³-hybridized carbons (Fsp3) is 1.00. The van der Waals surface area contributed by atoms with Crippen LogP contribution in [0.4, 0.5) is 0 Å². The predicted octanol–water partition coefficient (Wildman–Crippen LogP) is 1.45. The average Bonchev–Trinajstić information content (AvgIpc) is 1.97. The lowest BCUT2D eigenvalue weighted by molar-refractivity contribution is 0.169. The van der Waals surface area contributed by atoms with Crippen molar-refractivity contribution in [1.82, 2.24) is 5.32 Å². The highest BCUT2D eigenvalue weighted by molar-refractivity contribution is 7.90. The molecule has 0 atom stereocenters. The predicted molar refractivity (Wildman–Crippen MR) is 63.7 cm³/mol. The highest BCUT2D eigenvalue weighted by Crippen LogP contribution is 2.33. The second-order valence-electron chi connectivity index (χ2n) is 5.11. The Balaban J connectivity index is 2.00. The number of rotatable bonds is 6. The van der Waals surface area contributed by atoms with Crippen molar-refractivity contribution in [2.45, 2.75) is 39.2 Å². The van der Waals surface area contributed by atoms with Gasteiger partial charge in [-0.05, 0) is 37.6 Å². The maximum atomic E-state index is 10.9. The molecule has 0 aliphatic heterocycles. The summed E-state index contributed by atoms with van der Waals surface area (Å²) in [6.45, 7) is 5.37. The first-order valence-electron chi connectivity index (χ1n) is 5.79. The molecule has 1 aliphatic rings. The summed E-state index contributed by atoms with van der Waals surface area (Å²) in [5.41, 5.74) is 0. The molecule has 0 aromatic heterocycles. The van der Waals surface area contributed by atoms with E-state index >= 15 is 0 Å². The fourth-order valence-electron chi connectivity index (χ4n) is 2.01. The van der Waals surface area contributed by atoms with Gasteiger partial charge in [0.05, 0.1) is 5.75 Å². The molecule has 0 heterocycles. The molecule has 4 heteroatoms. The summed E-state index contributed by atoms with van der Waals surface area (Å²) in [6.07, 6.45) is 4.56. The smallest absolute Gasteiger partial charge is 0.147 e. The van der Waals surface area contributed by atoms with Gasteiger partial charge in [-0.15, -0.1) is 0 Å². The van der Waals surface area contributed by atoms with E-state index in [1.54, 1.807) is 0 Å². The molecule has 0 amide bonds. The van der Waals surface area contributed by atoms with Gasteiger partial charge in [0, 0.05) is 12.3 Å². The molecule has 90 valence electrons. The maximum absolute atomic E-state index is 10.9. The minimum atomic E-state index is -2.77. The Hall–Kier alpha value is -0.0900. The minimum Gasteiger partial charge on any atom is -0.314 e. The van der Waals surface area contributed by atoms with Crippen LogP contribution in [0.15, 0.2) is 0 Å². The molecule has 0 aromatic carbocycles. The van der Waals surface area contributed by atoms with Crippen molar-refractivity contribution in [3.63, 3.8) is 0 Å². The Kier molecular flexibility index (Phi) is 4.59. The van der Waals surface area contributed by atoms with Crippen LogP contribution in [0.1, 0.15) is 33.1 Å². The third kappa shape index (κ3) is 4.98. The molecule has 0 aromatic rings. The van der Waals surface area contributed by atoms with Gasteiger partial charge in [0.15, 0.2) is 0 Å². The van der Waals surface area contributed by atoms with E-state index < -0.39 is 9.84 Å². The van der Waals surface area contributed by atoms with Crippen molar-refractivity contribution < 1.29 is 8.42 Å². The SMILES string of the molecule is CC(C)C1CC(NCCCS(C)(=O)=O)C1. The molecular weight excluding hydrogens is 210 g/mol. The van der Waals surface area contributed by atoms with E-state index in [-0.39, 0.29) is 0 Å². The maximum Gasteiger partial charge on any atom is 0.147 e. The van der Waals surface area contributed by atoms with Crippen molar-refractivity contribution in [1.29, 1.82) is 0 Å². The summed E-state index contributed by atoms with van der Waals surface area (Å²) in [5.74, 6) is 1.97. The Morgan fingerprint density at radius 3 is 2.40 bits per heavy atom. The summed E-state index contributed by atoms with van der Waals surface area (Å²) in [5, 5.41) is 3.41. The van der Waals surface area contributed by atoms with E-state index in [1.807, 2.05) is 0 Å². The third-order valence-corrected chi connectivity index (χ3v) is 4.27. The lowest BCUT2D eigenvalue weighted by Gasteiger charge is -2.38. The standard InChI is InChI=1S/C11H23NO2S/c1-9(2)10-7-11(8-10)12-5-4-6-15(3,13)14/h9-12H,4-8H2,1-3H3. The van der Waals surface area contributed by atoms with Crippen molar-refractivity contribution >= 4 is 9.84 Å². The minimum absolute atomic E-state index is 0.306. The molecule has 1 aliphatic carbocycles. The van der Waals surface area contributed by atoms with Crippen molar-refractivity contribution in [2.75, 3.05) is 18.6 Å². The van der Waals surface area contributed by atoms with Crippen molar-refractivity contribution in [3.05, 3.63) is 0 Å². The van der Waals surface area contributed by atoms with Gasteiger partial charge >= 0.3 is 0 Å². The second-order valence-corrected chi connectivity index (χ2v) is 7.37. The van der Waals surface area contributed by atoms with Gasteiger partial charge in [0.25, 0.3) is 0 Å². The Labute approximate surface area is 93.6 Å². The molecule has 3 nitrogen and oxygen atoms in total. The van der Waals surface area contributed by atoms with E-state index in [9.17, 15) is 8.42 Å². The second kappa shape index (κ2) is 5.30. The van der Waals surface area contributed by atoms with Crippen LogP contribution < -0.4 is 5.32 Å². The van der Waals surface area contributed by atoms with Gasteiger partial charge in [0.1, 0.15) is 9.84 Å². The highest BCUT2D eigenvalue weighted by atomic mass is 32.2. The summed E-state index contributed by atoms with van der Waals surface area (Å²) in [4.78, 5) is 0. The van der Waals surface area contributed by atoms with Crippen LogP contribution in [-0.4, -0.2) is 33.0 Å². The zero-order valence-electron chi connectivity index (χ0n) is 9.99. The van der Waals surface area contributed by atoms with E-state index in [0.717, 1.165) is 24.8 Å². The first kappa shape index (κ1) is 13.0. The molecule has 1 saturated carbocycles. The highest BCUT2D eigenvalue weighted by Gasteiger charge is 2.30. The lowest BCUT2D eigenvalue weighted by atomic mass is 9.74. The summed E-state index contributed by atoms with van der Waals surface area (Å²) >= 11 is 0. The van der Waals surface area contributed by atoms with Crippen LogP contribution in [0.3, 0.4) is 0 Å². The first-order valence-corrected chi connectivity index (χ1v) is 7.85. The molecule has 1 fully saturated rings. The zero-order chi connectivity index (χ0) is 11.5. The number of nitrogens with one attached hydrogen (secondary N) is 1. The molecular formula is C11H23NO2S. The fourth-order valence-corrected chi connectivity index (χ4v) is 2.68. The monoisotopic (exact) mass is 233 g/mol. The molecule has 0 unspecified atom stereocenters. The van der Waals surface area contributed by atoms with Crippen LogP contribution in [-0.2, 0) is 9.84 Å². The molecule has 0 spiro atoms. The topological polar surface area (TPSA) is 46.2 Å². The number of hydrogen-bond acceptors (Lipinski definition) is 3. The zero-order valence-corrected chi connectivity index (χ0v) is 10.8. The average molecular weight is 233 g/mol. The van der Waals surface area contributed by atoms with Gasteiger partial charge < -0.3 is 5.32 Å². The Bertz CT molecular complexity index is 279. The quantitative estimate of drug-likeness (QED) is 0.706. The summed E-state index contributed by atoms with van der Waals surface area (Å²) in [7, 11) is -2.77. The first-order chi connectivity index (χ1) is 6.88. The van der Waals surface area contributed by atoms with Crippen LogP contribution in [0, 0.1) is 11.8 Å². The summed E-state index contributed by atoms with van der Waals surface area (Å²) in [6, 6.07) is 0.636. The lowest BCUT2D eigenvalue weighted by Crippen LogP contribution is -2.43. The van der Waals surface area contributed by atoms with Crippen LogP contribution in [0.25, 0.3) is 0 Å². The third-order valence-electron chi connectivity index (χ3n) is 3.24. The van der Waals surface area contributed by atoms with E-state index in [4.69, 9.17) is 0 Å². The largest absolute Gasteiger partial charge is 0.314 e. The molecule has 1 rings (SSSR count). The van der Waals surface area contributed by atoms with E-state index in [1.165, 1.54) is 19.1 Å². The van der Waals surface area contributed by atoms with Gasteiger partial charge in [0.2, 0.25) is 0 Å². The molecule has 0 radical (unpaired) electrons. The summed E-state index contributed by atoms with van der Waals surface area (Å²) < 4.78 is 21.7. The number of sulfone groups is 1. The Morgan fingerprint density at radius 1 is 1.33 bits per heavy atom. The van der Waals surface area contributed by atoms with Crippen LogP contribution >= 0.6 is 0 Å². The van der Waals surface area contributed by atoms with Crippen LogP contribution in [0.2, 0.25) is 0 Å². The van der Waals surface area contributed by atoms with Gasteiger partial charge in [-0.1, -0.05) is 13.8 Å². The molecule has 0 bridgehead atoms. The van der Waals surface area contributed by atoms with Gasteiger partial charge in [-0.3, -0.25) is 0 Å². The molecule has 0 saturated heterocycles.